The molecule has 1 aromatic rings. The molecule has 2 N–H and O–H groups in total. The summed E-state index contributed by atoms with van der Waals surface area (Å²) in [5.74, 6) is 0. The highest BCUT2D eigenvalue weighted by Crippen LogP contribution is 2.37. The third kappa shape index (κ3) is 2.85. The fourth-order valence-corrected chi connectivity index (χ4v) is 3.46. The molecular formula is C17H28N2. The van der Waals surface area contributed by atoms with Crippen LogP contribution in [0.3, 0.4) is 0 Å². The Morgan fingerprint density at radius 3 is 2.32 bits per heavy atom. The Balaban J connectivity index is 2.25. The number of rotatable bonds is 3. The molecule has 2 rings (SSSR count). The highest BCUT2D eigenvalue weighted by molar-refractivity contribution is 5.37. The first-order chi connectivity index (χ1) is 8.98. The first-order valence-corrected chi connectivity index (χ1v) is 7.50. The summed E-state index contributed by atoms with van der Waals surface area (Å²) in [6.07, 6.45) is 2.37. The SMILES string of the molecule is Cc1ccc(C2(CN)CCN(C(C)C)CC2)c(C)c1. The van der Waals surface area contributed by atoms with E-state index >= 15 is 0 Å². The predicted octanol–water partition coefficient (Wildman–Crippen LogP) is 3.00. The lowest BCUT2D eigenvalue weighted by Gasteiger charge is -2.43. The molecule has 0 bridgehead atoms. The molecule has 0 amide bonds. The van der Waals surface area contributed by atoms with Crippen LogP contribution in [0.2, 0.25) is 0 Å². The van der Waals surface area contributed by atoms with Crippen LogP contribution < -0.4 is 5.73 Å². The van der Waals surface area contributed by atoms with Crippen LogP contribution >= 0.6 is 0 Å². The second-order valence-corrected chi connectivity index (χ2v) is 6.43. The van der Waals surface area contributed by atoms with Gasteiger partial charge in [-0.25, -0.2) is 0 Å². The standard InChI is InChI=1S/C17H28N2/c1-13(2)19-9-7-17(12-18,8-10-19)16-6-5-14(3)11-15(16)4/h5-6,11,13H,7-10,12,18H2,1-4H3. The highest BCUT2D eigenvalue weighted by atomic mass is 15.2. The maximum Gasteiger partial charge on any atom is 0.0102 e. The van der Waals surface area contributed by atoms with E-state index < -0.39 is 0 Å². The van der Waals surface area contributed by atoms with E-state index in [9.17, 15) is 0 Å². The van der Waals surface area contributed by atoms with Crippen molar-refractivity contribution in [3.8, 4) is 0 Å². The molecule has 106 valence electrons. The van der Waals surface area contributed by atoms with Gasteiger partial charge in [0.2, 0.25) is 0 Å². The van der Waals surface area contributed by atoms with Crippen molar-refractivity contribution >= 4 is 0 Å². The lowest BCUT2D eigenvalue weighted by molar-refractivity contribution is 0.132. The number of likely N-dealkylation sites (tertiary alicyclic amines) is 1. The van der Waals surface area contributed by atoms with E-state index in [0.29, 0.717) is 6.04 Å². The van der Waals surface area contributed by atoms with Gasteiger partial charge in [-0.2, -0.15) is 0 Å². The molecule has 19 heavy (non-hydrogen) atoms. The van der Waals surface area contributed by atoms with Crippen molar-refractivity contribution in [1.29, 1.82) is 0 Å². The smallest absolute Gasteiger partial charge is 0.0102 e. The number of benzene rings is 1. The van der Waals surface area contributed by atoms with Crippen molar-refractivity contribution < 1.29 is 0 Å². The molecule has 0 aromatic heterocycles. The van der Waals surface area contributed by atoms with E-state index in [1.807, 2.05) is 0 Å². The Bertz CT molecular complexity index is 429. The predicted molar refractivity (Wildman–Crippen MR) is 82.6 cm³/mol. The molecule has 2 nitrogen and oxygen atoms in total. The second kappa shape index (κ2) is 5.64. The lowest BCUT2D eigenvalue weighted by atomic mass is 9.71. The monoisotopic (exact) mass is 260 g/mol. The highest BCUT2D eigenvalue weighted by Gasteiger charge is 2.36. The van der Waals surface area contributed by atoms with Crippen molar-refractivity contribution in [3.05, 3.63) is 34.9 Å². The molecule has 0 radical (unpaired) electrons. The van der Waals surface area contributed by atoms with Gasteiger partial charge in [-0.05, 0) is 64.8 Å². The molecule has 1 saturated heterocycles. The van der Waals surface area contributed by atoms with E-state index in [0.717, 1.165) is 6.54 Å². The van der Waals surface area contributed by atoms with Gasteiger partial charge in [0.25, 0.3) is 0 Å². The topological polar surface area (TPSA) is 29.3 Å². The third-order valence-electron chi connectivity index (χ3n) is 4.83. The molecule has 1 aliphatic heterocycles. The Hall–Kier alpha value is -0.860. The fourth-order valence-electron chi connectivity index (χ4n) is 3.46. The number of hydrogen-bond acceptors (Lipinski definition) is 2. The zero-order chi connectivity index (χ0) is 14.0. The van der Waals surface area contributed by atoms with E-state index in [1.54, 1.807) is 0 Å². The number of nitrogens with two attached hydrogens (primary N) is 1. The number of nitrogens with zero attached hydrogens (tertiary/aromatic N) is 1. The summed E-state index contributed by atoms with van der Waals surface area (Å²) in [4.78, 5) is 2.57. The van der Waals surface area contributed by atoms with Crippen molar-refractivity contribution in [3.63, 3.8) is 0 Å². The average Bonchev–Trinajstić information content (AvgIpc) is 2.38. The number of aryl methyl sites for hydroxylation is 2. The molecule has 0 aliphatic carbocycles. The largest absolute Gasteiger partial charge is 0.330 e. The molecule has 2 heteroatoms. The molecule has 0 spiro atoms. The zero-order valence-electron chi connectivity index (χ0n) is 12.9. The molecule has 1 fully saturated rings. The summed E-state index contributed by atoms with van der Waals surface area (Å²) in [6.45, 7) is 12.1. The van der Waals surface area contributed by atoms with E-state index in [1.165, 1.54) is 42.6 Å². The fraction of sp³-hybridized carbons (Fsp3) is 0.647. The van der Waals surface area contributed by atoms with Gasteiger partial charge in [0, 0.05) is 18.0 Å². The van der Waals surface area contributed by atoms with Crippen LogP contribution in [0.4, 0.5) is 0 Å². The van der Waals surface area contributed by atoms with Crippen LogP contribution in [0.5, 0.6) is 0 Å². The lowest BCUT2D eigenvalue weighted by Crippen LogP contribution is -2.48. The first-order valence-electron chi connectivity index (χ1n) is 7.50. The average molecular weight is 260 g/mol. The molecular weight excluding hydrogens is 232 g/mol. The van der Waals surface area contributed by atoms with Crippen LogP contribution in [0.25, 0.3) is 0 Å². The van der Waals surface area contributed by atoms with Gasteiger partial charge < -0.3 is 10.6 Å². The minimum Gasteiger partial charge on any atom is -0.330 e. The second-order valence-electron chi connectivity index (χ2n) is 6.43. The van der Waals surface area contributed by atoms with Gasteiger partial charge in [-0.15, -0.1) is 0 Å². The Morgan fingerprint density at radius 1 is 1.21 bits per heavy atom. The Labute approximate surface area is 118 Å². The van der Waals surface area contributed by atoms with Gasteiger partial charge in [0.05, 0.1) is 0 Å². The van der Waals surface area contributed by atoms with Gasteiger partial charge in [0.1, 0.15) is 0 Å². The van der Waals surface area contributed by atoms with Crippen LogP contribution in [-0.2, 0) is 5.41 Å². The number of hydrogen-bond donors (Lipinski definition) is 1. The van der Waals surface area contributed by atoms with Crippen LogP contribution in [0.1, 0.15) is 43.4 Å². The van der Waals surface area contributed by atoms with Gasteiger partial charge in [-0.1, -0.05) is 23.8 Å². The molecule has 1 aromatic carbocycles. The summed E-state index contributed by atoms with van der Waals surface area (Å²) >= 11 is 0. The van der Waals surface area contributed by atoms with E-state index in [2.05, 4.69) is 50.8 Å². The van der Waals surface area contributed by atoms with Crippen LogP contribution in [0.15, 0.2) is 18.2 Å². The summed E-state index contributed by atoms with van der Waals surface area (Å²) in [6, 6.07) is 7.48. The van der Waals surface area contributed by atoms with Crippen LogP contribution in [0, 0.1) is 13.8 Å². The minimum absolute atomic E-state index is 0.198. The summed E-state index contributed by atoms with van der Waals surface area (Å²) in [5, 5.41) is 0. The molecule has 0 saturated carbocycles. The minimum atomic E-state index is 0.198. The molecule has 1 aliphatic rings. The number of piperidine rings is 1. The zero-order valence-corrected chi connectivity index (χ0v) is 12.9. The molecule has 0 unspecified atom stereocenters. The van der Waals surface area contributed by atoms with Gasteiger partial charge in [-0.3, -0.25) is 0 Å². The Morgan fingerprint density at radius 2 is 1.84 bits per heavy atom. The van der Waals surface area contributed by atoms with E-state index in [-0.39, 0.29) is 5.41 Å². The quantitative estimate of drug-likeness (QED) is 0.905. The third-order valence-corrected chi connectivity index (χ3v) is 4.83. The molecule has 0 atom stereocenters. The summed E-state index contributed by atoms with van der Waals surface area (Å²) in [7, 11) is 0. The van der Waals surface area contributed by atoms with Gasteiger partial charge >= 0.3 is 0 Å². The van der Waals surface area contributed by atoms with Crippen molar-refractivity contribution in [2.75, 3.05) is 19.6 Å². The molecule has 1 heterocycles. The van der Waals surface area contributed by atoms with E-state index in [4.69, 9.17) is 5.73 Å². The maximum atomic E-state index is 6.18. The van der Waals surface area contributed by atoms with Crippen molar-refractivity contribution in [2.24, 2.45) is 5.73 Å². The first kappa shape index (κ1) is 14.5. The van der Waals surface area contributed by atoms with Crippen molar-refractivity contribution in [1.82, 2.24) is 4.90 Å². The van der Waals surface area contributed by atoms with Crippen LogP contribution in [-0.4, -0.2) is 30.6 Å². The van der Waals surface area contributed by atoms with Crippen molar-refractivity contribution in [2.45, 2.75) is 52.0 Å². The van der Waals surface area contributed by atoms with Gasteiger partial charge in [0.15, 0.2) is 0 Å². The normalized spacial score (nSPS) is 19.9. The summed E-state index contributed by atoms with van der Waals surface area (Å²) < 4.78 is 0. The Kier molecular flexibility index (Phi) is 4.32. The summed E-state index contributed by atoms with van der Waals surface area (Å²) in [5.41, 5.74) is 10.6. The maximum absolute atomic E-state index is 6.18.